The zero-order chi connectivity index (χ0) is 18.0. The molecule has 1 amide bonds. The fourth-order valence-corrected chi connectivity index (χ4v) is 3.87. The first-order valence-corrected chi connectivity index (χ1v) is 9.39. The van der Waals surface area contributed by atoms with Crippen LogP contribution in [0.1, 0.15) is 23.1 Å². The molecule has 1 heterocycles. The first-order valence-electron chi connectivity index (χ1n) is 7.91. The lowest BCUT2D eigenvalue weighted by Gasteiger charge is -2.09. The maximum absolute atomic E-state index is 12.1. The number of amidine groups is 1. The molecule has 0 saturated carbocycles. The van der Waals surface area contributed by atoms with Gasteiger partial charge in [-0.15, -0.1) is 0 Å². The Morgan fingerprint density at radius 2 is 1.88 bits per heavy atom. The third-order valence-corrected chi connectivity index (χ3v) is 5.55. The number of hydrogen-bond donors (Lipinski definition) is 2. The fraction of sp³-hybridized carbons (Fsp3) is 0.222. The van der Waals surface area contributed by atoms with Gasteiger partial charge >= 0.3 is 0 Å². The molecule has 2 N–H and O–H groups in total. The van der Waals surface area contributed by atoms with Gasteiger partial charge in [-0.05, 0) is 43.2 Å². The van der Waals surface area contributed by atoms with Crippen LogP contribution in [0.25, 0.3) is 0 Å². The highest BCUT2D eigenvalue weighted by Gasteiger charge is 2.29. The Balaban J connectivity index is 1.66. The highest BCUT2D eigenvalue weighted by atomic mass is 32.2. The number of carbonyl (C=O) groups is 1. The SMILES string of the molecule is Cc1cccc(NC(=O)CCN=C2NS(=O)(=O)c3ccccc32)c1C. The highest BCUT2D eigenvalue weighted by Crippen LogP contribution is 2.22. The van der Waals surface area contributed by atoms with Crippen LogP contribution in [0.2, 0.25) is 0 Å². The molecule has 1 aliphatic heterocycles. The lowest BCUT2D eigenvalue weighted by Crippen LogP contribution is -2.23. The minimum absolute atomic E-state index is 0.160. The van der Waals surface area contributed by atoms with Crippen molar-refractivity contribution in [2.45, 2.75) is 25.2 Å². The lowest BCUT2D eigenvalue weighted by atomic mass is 10.1. The fourth-order valence-electron chi connectivity index (χ4n) is 2.62. The Kier molecular flexibility index (Phi) is 4.59. The first kappa shape index (κ1) is 17.2. The Labute approximate surface area is 147 Å². The molecule has 0 fully saturated rings. The predicted octanol–water partition coefficient (Wildman–Crippen LogP) is 2.37. The van der Waals surface area contributed by atoms with Crippen molar-refractivity contribution in [2.75, 3.05) is 11.9 Å². The molecule has 25 heavy (non-hydrogen) atoms. The summed E-state index contributed by atoms with van der Waals surface area (Å²) in [6.07, 6.45) is 0.167. The van der Waals surface area contributed by atoms with E-state index in [2.05, 4.69) is 15.0 Å². The standard InChI is InChI=1S/C18H19N3O3S/c1-12-6-5-8-15(13(12)2)20-17(22)10-11-19-18-14-7-3-4-9-16(14)25(23,24)21-18/h3-9H,10-11H2,1-2H3,(H,19,21)(H,20,22). The van der Waals surface area contributed by atoms with Gasteiger partial charge in [0.2, 0.25) is 5.91 Å². The van der Waals surface area contributed by atoms with Crippen molar-refractivity contribution < 1.29 is 13.2 Å². The minimum Gasteiger partial charge on any atom is -0.326 e. The molecule has 2 aromatic rings. The molecule has 2 aromatic carbocycles. The largest absolute Gasteiger partial charge is 0.326 e. The van der Waals surface area contributed by atoms with Gasteiger partial charge in [0.25, 0.3) is 10.0 Å². The van der Waals surface area contributed by atoms with Crippen molar-refractivity contribution >= 4 is 27.5 Å². The van der Waals surface area contributed by atoms with Gasteiger partial charge < -0.3 is 5.32 Å². The van der Waals surface area contributed by atoms with Gasteiger partial charge in [-0.25, -0.2) is 8.42 Å². The Morgan fingerprint density at radius 3 is 2.68 bits per heavy atom. The third-order valence-electron chi connectivity index (χ3n) is 4.15. The summed E-state index contributed by atoms with van der Waals surface area (Å²) in [6.45, 7) is 4.14. The molecule has 0 atom stereocenters. The van der Waals surface area contributed by atoms with Crippen LogP contribution in [0.4, 0.5) is 5.69 Å². The third kappa shape index (κ3) is 3.56. The number of aryl methyl sites for hydroxylation is 1. The molecule has 0 radical (unpaired) electrons. The summed E-state index contributed by atoms with van der Waals surface area (Å²) in [5, 5.41) is 2.86. The Morgan fingerprint density at radius 1 is 1.12 bits per heavy atom. The number of benzene rings is 2. The van der Waals surface area contributed by atoms with Crippen LogP contribution in [0.3, 0.4) is 0 Å². The molecule has 0 bridgehead atoms. The molecule has 0 saturated heterocycles. The first-order chi connectivity index (χ1) is 11.9. The number of carbonyl (C=O) groups excluding carboxylic acids is 1. The van der Waals surface area contributed by atoms with E-state index in [0.717, 1.165) is 16.8 Å². The van der Waals surface area contributed by atoms with Crippen molar-refractivity contribution in [3.05, 3.63) is 59.2 Å². The number of rotatable bonds is 4. The van der Waals surface area contributed by atoms with E-state index in [4.69, 9.17) is 0 Å². The number of aliphatic imine (C=N–C) groups is 1. The predicted molar refractivity (Wildman–Crippen MR) is 97.3 cm³/mol. The number of hydrogen-bond acceptors (Lipinski definition) is 4. The second kappa shape index (κ2) is 6.68. The minimum atomic E-state index is -3.55. The van der Waals surface area contributed by atoms with Crippen molar-refractivity contribution in [2.24, 2.45) is 4.99 Å². The van der Waals surface area contributed by atoms with Crippen LogP contribution in [0.15, 0.2) is 52.4 Å². The van der Waals surface area contributed by atoms with Gasteiger partial charge in [0, 0.05) is 17.7 Å². The number of anilines is 1. The van der Waals surface area contributed by atoms with Crippen molar-refractivity contribution in [3.8, 4) is 0 Å². The summed E-state index contributed by atoms with van der Waals surface area (Å²) in [4.78, 5) is 16.6. The molecule has 0 spiro atoms. The van der Waals surface area contributed by atoms with Gasteiger partial charge in [0.1, 0.15) is 5.84 Å². The van der Waals surface area contributed by atoms with E-state index < -0.39 is 10.0 Å². The van der Waals surface area contributed by atoms with Gasteiger partial charge in [-0.3, -0.25) is 14.5 Å². The van der Waals surface area contributed by atoms with E-state index in [1.807, 2.05) is 32.0 Å². The zero-order valence-corrected chi connectivity index (χ0v) is 14.9. The topological polar surface area (TPSA) is 87.6 Å². The summed E-state index contributed by atoms with van der Waals surface area (Å²) in [7, 11) is -3.55. The molecule has 130 valence electrons. The van der Waals surface area contributed by atoms with Crippen LogP contribution < -0.4 is 10.0 Å². The van der Waals surface area contributed by atoms with Gasteiger partial charge in [-0.1, -0.05) is 24.3 Å². The van der Waals surface area contributed by atoms with E-state index in [1.54, 1.807) is 18.2 Å². The number of amides is 1. The molecule has 3 rings (SSSR count). The quantitative estimate of drug-likeness (QED) is 0.880. The van der Waals surface area contributed by atoms with Crippen molar-refractivity contribution in [1.29, 1.82) is 0 Å². The summed E-state index contributed by atoms with van der Waals surface area (Å²) in [5.41, 5.74) is 3.46. The van der Waals surface area contributed by atoms with E-state index >= 15 is 0 Å². The van der Waals surface area contributed by atoms with Crippen LogP contribution >= 0.6 is 0 Å². The summed E-state index contributed by atoms with van der Waals surface area (Å²) in [5.74, 6) is 0.127. The van der Waals surface area contributed by atoms with Crippen LogP contribution in [-0.4, -0.2) is 26.7 Å². The molecular formula is C18H19N3O3S. The summed E-state index contributed by atoms with van der Waals surface area (Å²) >= 11 is 0. The Hall–Kier alpha value is -2.67. The maximum Gasteiger partial charge on any atom is 0.263 e. The van der Waals surface area contributed by atoms with E-state index in [-0.39, 0.29) is 29.6 Å². The van der Waals surface area contributed by atoms with Crippen molar-refractivity contribution in [3.63, 3.8) is 0 Å². The number of nitrogens with zero attached hydrogens (tertiary/aromatic N) is 1. The zero-order valence-electron chi connectivity index (χ0n) is 14.0. The van der Waals surface area contributed by atoms with Crippen LogP contribution in [0, 0.1) is 13.8 Å². The normalized spacial score (nSPS) is 16.3. The molecule has 0 aromatic heterocycles. The van der Waals surface area contributed by atoms with Gasteiger partial charge in [-0.2, -0.15) is 0 Å². The second-order valence-electron chi connectivity index (χ2n) is 5.88. The van der Waals surface area contributed by atoms with E-state index in [0.29, 0.717) is 5.56 Å². The van der Waals surface area contributed by atoms with Crippen molar-refractivity contribution in [1.82, 2.24) is 4.72 Å². The molecule has 0 unspecified atom stereocenters. The van der Waals surface area contributed by atoms with Gasteiger partial charge in [0.05, 0.1) is 11.4 Å². The molecule has 7 heteroatoms. The molecule has 1 aliphatic rings. The number of sulfonamides is 1. The average molecular weight is 357 g/mol. The smallest absolute Gasteiger partial charge is 0.263 e. The highest BCUT2D eigenvalue weighted by molar-refractivity contribution is 7.90. The molecular weight excluding hydrogens is 338 g/mol. The van der Waals surface area contributed by atoms with E-state index in [9.17, 15) is 13.2 Å². The number of fused-ring (bicyclic) bond motifs is 1. The van der Waals surface area contributed by atoms with Gasteiger partial charge in [0.15, 0.2) is 0 Å². The molecule has 0 aliphatic carbocycles. The van der Waals surface area contributed by atoms with E-state index in [1.165, 1.54) is 6.07 Å². The maximum atomic E-state index is 12.1. The summed E-state index contributed by atoms with van der Waals surface area (Å²) < 4.78 is 26.4. The lowest BCUT2D eigenvalue weighted by molar-refractivity contribution is -0.116. The second-order valence-corrected chi connectivity index (χ2v) is 7.53. The number of nitrogens with one attached hydrogen (secondary N) is 2. The van der Waals surface area contributed by atoms with Crippen LogP contribution in [-0.2, 0) is 14.8 Å². The Bertz CT molecular complexity index is 965. The molecule has 6 nitrogen and oxygen atoms in total. The van der Waals surface area contributed by atoms with Crippen LogP contribution in [0.5, 0.6) is 0 Å². The average Bonchev–Trinajstić information content (AvgIpc) is 2.83. The monoisotopic (exact) mass is 357 g/mol. The summed E-state index contributed by atoms with van der Waals surface area (Å²) in [6, 6.07) is 12.4.